The maximum absolute atomic E-state index is 16.6. The van der Waals surface area contributed by atoms with Crippen LogP contribution >= 0.6 is 0 Å². The van der Waals surface area contributed by atoms with Crippen molar-refractivity contribution in [2.24, 2.45) is 0 Å². The van der Waals surface area contributed by atoms with Gasteiger partial charge in [0, 0.05) is 0 Å². The summed E-state index contributed by atoms with van der Waals surface area (Å²) in [5.41, 5.74) is 8.64. The molecule has 16 aromatic rings. The van der Waals surface area contributed by atoms with Gasteiger partial charge in [0.15, 0.2) is 58.2 Å². The van der Waals surface area contributed by atoms with Gasteiger partial charge in [-0.05, 0) is 115 Å². The summed E-state index contributed by atoms with van der Waals surface area (Å²) in [5.74, 6) is -3.44. The summed E-state index contributed by atoms with van der Waals surface area (Å²) in [6.07, 6.45) is -8.11. The Morgan fingerprint density at radius 3 is 0.522 bits per heavy atom. The van der Waals surface area contributed by atoms with E-state index >= 15 is 19.2 Å². The van der Waals surface area contributed by atoms with Gasteiger partial charge in [-0.3, -0.25) is 0 Å². The predicted octanol–water partition coefficient (Wildman–Crippen LogP) is 23.8. The standard InChI is InChI=1S/C117H98O21/c118-113(94-61-98(122-69-82-37-13-1-14-38-82)107(130-77-90-53-29-9-30-54-90)99(62-94)123-70-83-39-15-2-16-40-83)135-106-81-134-117(138-116(121)97-67-104(128-75-88-49-25-7-26-50-88)110(133-80-93-59-35-12-36-60-93)105(68-97)129-76-89-51-27-8-28-52-89)112(137-115(120)96-65-102(126-73-86-45-21-5-22-46-86)109(132-79-92-57-33-11-34-58-92)103(66-96)127-74-87-47-23-6-24-48-87)111(106)136-114(119)95-63-100(124-71-84-41-17-3-18-42-84)108(131-78-91-55-31-10-32-56-91)101(64-95)125-72-85-43-19-4-20-44-85/h1-68,106,111-112,117H,69-81H2/t106-,111-,112+,117?/m0/s1. The first kappa shape index (κ1) is 92.8. The Morgan fingerprint density at radius 1 is 0.188 bits per heavy atom. The lowest BCUT2D eigenvalue weighted by molar-refractivity contribution is -0.250. The molecule has 21 heteroatoms. The molecule has 0 saturated carbocycles. The quantitative estimate of drug-likeness (QED) is 0.0255. The molecule has 0 aliphatic carbocycles. The largest absolute Gasteiger partial charge is 0.485 e. The van der Waals surface area contributed by atoms with Crippen LogP contribution in [0.25, 0.3) is 0 Å². The van der Waals surface area contributed by atoms with E-state index in [0.717, 1.165) is 66.8 Å². The third-order valence-corrected chi connectivity index (χ3v) is 22.2. The van der Waals surface area contributed by atoms with Crippen LogP contribution in [0.4, 0.5) is 0 Å². The van der Waals surface area contributed by atoms with E-state index in [0.29, 0.717) is 0 Å². The van der Waals surface area contributed by atoms with Crippen molar-refractivity contribution in [3.8, 4) is 69.0 Å². The Morgan fingerprint density at radius 2 is 0.341 bits per heavy atom. The minimum atomic E-state index is -2.15. The van der Waals surface area contributed by atoms with Gasteiger partial charge in [0.05, 0.1) is 28.9 Å². The van der Waals surface area contributed by atoms with Crippen LogP contribution in [-0.4, -0.2) is 55.1 Å². The Labute approximate surface area is 800 Å². The van der Waals surface area contributed by atoms with Gasteiger partial charge in [0.25, 0.3) is 0 Å². The highest BCUT2D eigenvalue weighted by Gasteiger charge is 2.51. The van der Waals surface area contributed by atoms with E-state index < -0.39 is 55.1 Å². The van der Waals surface area contributed by atoms with Crippen LogP contribution in [-0.2, 0) is 103 Å². The lowest BCUT2D eigenvalue weighted by Gasteiger charge is -2.40. The van der Waals surface area contributed by atoms with Crippen LogP contribution in [0.5, 0.6) is 69.0 Å². The van der Waals surface area contributed by atoms with Gasteiger partial charge in [0.2, 0.25) is 35.4 Å². The predicted molar refractivity (Wildman–Crippen MR) is 518 cm³/mol. The van der Waals surface area contributed by atoms with Crippen molar-refractivity contribution in [1.29, 1.82) is 0 Å². The molecule has 21 nitrogen and oxygen atoms in total. The number of hydrogen-bond donors (Lipinski definition) is 0. The number of carbonyl (C=O) groups excluding carboxylic acids is 4. The van der Waals surface area contributed by atoms with E-state index in [-0.39, 0.29) is 171 Å². The first-order valence-corrected chi connectivity index (χ1v) is 45.2. The molecule has 4 atom stereocenters. The fourth-order valence-corrected chi connectivity index (χ4v) is 15.0. The van der Waals surface area contributed by atoms with Crippen LogP contribution < -0.4 is 56.8 Å². The average molecular weight is 1840 g/mol. The van der Waals surface area contributed by atoms with Gasteiger partial charge < -0.3 is 80.5 Å². The SMILES string of the molecule is O=C(OC1OC[C@H](OC(=O)c2cc(OCc3ccccc3)c(OCc3ccccc3)c(OCc3ccccc3)c2)[C@H](OC(=O)c2cc(OCc3ccccc3)c(OCc3ccccc3)c(OCc3ccccc3)c2)[C@H]1OC(=O)c1cc(OCc2ccccc2)c(OCc2ccccc2)c(OCc2ccccc2)c1)c1cc(OCc2ccccc2)c(OCc2ccccc2)c(OCc2ccccc2)c1. The van der Waals surface area contributed by atoms with Gasteiger partial charge in [-0.2, -0.15) is 0 Å². The molecule has 1 aliphatic heterocycles. The van der Waals surface area contributed by atoms with Crippen LogP contribution in [0.2, 0.25) is 0 Å². The van der Waals surface area contributed by atoms with Gasteiger partial charge in [-0.15, -0.1) is 0 Å². The number of benzene rings is 16. The molecule has 692 valence electrons. The second-order valence-corrected chi connectivity index (χ2v) is 32.3. The summed E-state index contributed by atoms with van der Waals surface area (Å²) in [6, 6.07) is 125. The van der Waals surface area contributed by atoms with Crippen molar-refractivity contribution < 1.29 is 99.7 Å². The zero-order valence-electron chi connectivity index (χ0n) is 75.3. The summed E-state index contributed by atoms with van der Waals surface area (Å²) >= 11 is 0. The van der Waals surface area contributed by atoms with Crippen LogP contribution in [0, 0.1) is 0 Å². The van der Waals surface area contributed by atoms with Gasteiger partial charge >= 0.3 is 23.9 Å². The van der Waals surface area contributed by atoms with E-state index in [4.69, 9.17) is 80.5 Å². The molecule has 0 amide bonds. The summed E-state index contributed by atoms with van der Waals surface area (Å²) in [7, 11) is 0. The van der Waals surface area contributed by atoms with Crippen molar-refractivity contribution in [1.82, 2.24) is 0 Å². The van der Waals surface area contributed by atoms with E-state index in [1.165, 1.54) is 48.5 Å². The lowest BCUT2D eigenvalue weighted by atomic mass is 10.0. The van der Waals surface area contributed by atoms with Crippen molar-refractivity contribution in [2.75, 3.05) is 6.61 Å². The Bertz CT molecular complexity index is 5940. The zero-order valence-corrected chi connectivity index (χ0v) is 75.3. The van der Waals surface area contributed by atoms with Crippen molar-refractivity contribution in [3.63, 3.8) is 0 Å². The maximum Gasteiger partial charge on any atom is 0.340 e. The Kier molecular flexibility index (Phi) is 32.0. The molecular weight excluding hydrogens is 1740 g/mol. The molecule has 1 fully saturated rings. The van der Waals surface area contributed by atoms with Gasteiger partial charge in [0.1, 0.15) is 79.3 Å². The second-order valence-electron chi connectivity index (χ2n) is 32.3. The van der Waals surface area contributed by atoms with Crippen LogP contribution in [0.1, 0.15) is 108 Å². The summed E-state index contributed by atoms with van der Waals surface area (Å²) in [4.78, 5) is 65.6. The van der Waals surface area contributed by atoms with Crippen molar-refractivity contribution in [2.45, 2.75) is 104 Å². The molecule has 0 spiro atoms. The fraction of sp³-hybridized carbons (Fsp3) is 0.145. The molecule has 1 unspecified atom stereocenters. The minimum absolute atomic E-state index is 0.0000821. The summed E-state index contributed by atoms with van der Waals surface area (Å²) < 4.78 is 115. The highest BCUT2D eigenvalue weighted by Crippen LogP contribution is 2.47. The van der Waals surface area contributed by atoms with Crippen LogP contribution in [0.3, 0.4) is 0 Å². The van der Waals surface area contributed by atoms with E-state index in [2.05, 4.69) is 0 Å². The minimum Gasteiger partial charge on any atom is -0.485 e. The first-order valence-electron chi connectivity index (χ1n) is 45.2. The topological polar surface area (TPSA) is 225 Å². The van der Waals surface area contributed by atoms with E-state index in [1.54, 1.807) is 0 Å². The van der Waals surface area contributed by atoms with Gasteiger partial charge in [-0.1, -0.05) is 364 Å². The normalized spacial score (nSPS) is 13.6. The van der Waals surface area contributed by atoms with Crippen molar-refractivity contribution >= 4 is 23.9 Å². The molecule has 0 radical (unpaired) electrons. The average Bonchev–Trinajstić information content (AvgIpc) is 0.775. The zero-order chi connectivity index (χ0) is 94.1. The Hall–Kier alpha value is -17.0. The molecule has 1 heterocycles. The molecule has 138 heavy (non-hydrogen) atoms. The molecule has 17 rings (SSSR count). The molecule has 1 aliphatic rings. The fourth-order valence-electron chi connectivity index (χ4n) is 15.0. The number of ether oxygens (including phenoxy) is 17. The number of esters is 4. The van der Waals surface area contributed by atoms with Crippen molar-refractivity contribution in [3.05, 3.63) is 502 Å². The smallest absolute Gasteiger partial charge is 0.340 e. The molecule has 0 aromatic heterocycles. The molecule has 16 aromatic carbocycles. The number of carbonyl (C=O) groups is 4. The number of rotatable bonds is 44. The lowest BCUT2D eigenvalue weighted by Crippen LogP contribution is -2.58. The van der Waals surface area contributed by atoms with E-state index in [1.807, 2.05) is 364 Å². The third-order valence-electron chi connectivity index (χ3n) is 22.2. The third kappa shape index (κ3) is 26.1. The monoisotopic (exact) mass is 1840 g/mol. The summed E-state index contributed by atoms with van der Waals surface area (Å²) in [5, 5.41) is 0. The van der Waals surface area contributed by atoms with E-state index in [9.17, 15) is 0 Å². The highest BCUT2D eigenvalue weighted by molar-refractivity contribution is 5.94. The highest BCUT2D eigenvalue weighted by atomic mass is 16.7. The first-order chi connectivity index (χ1) is 68.0. The molecule has 1 saturated heterocycles. The molecular formula is C117H98O21. The van der Waals surface area contributed by atoms with Crippen LogP contribution in [0.15, 0.2) is 413 Å². The van der Waals surface area contributed by atoms with Gasteiger partial charge in [-0.25, -0.2) is 19.2 Å². The Balaban J connectivity index is 0.827. The number of hydrogen-bond acceptors (Lipinski definition) is 21. The summed E-state index contributed by atoms with van der Waals surface area (Å²) in [6.45, 7) is -0.701. The molecule has 0 N–H and O–H groups in total. The second kappa shape index (κ2) is 47.5. The maximum atomic E-state index is 16.6. The molecule has 0 bridgehead atoms.